The van der Waals surface area contributed by atoms with Gasteiger partial charge in [-0.1, -0.05) is 34.6 Å². The van der Waals surface area contributed by atoms with Crippen LogP contribution in [-0.4, -0.2) is 25.5 Å². The highest BCUT2D eigenvalue weighted by molar-refractivity contribution is 7.15. The molecule has 1 fully saturated rings. The Hall–Kier alpha value is -2.29. The van der Waals surface area contributed by atoms with Crippen molar-refractivity contribution in [1.82, 2.24) is 4.57 Å². The van der Waals surface area contributed by atoms with Gasteiger partial charge in [-0.25, -0.2) is 9.18 Å². The van der Waals surface area contributed by atoms with Gasteiger partial charge in [0.1, 0.15) is 11.4 Å². The molecule has 0 spiro atoms. The molecule has 2 aliphatic carbocycles. The van der Waals surface area contributed by atoms with Crippen molar-refractivity contribution < 1.29 is 18.3 Å². The first-order chi connectivity index (χ1) is 18.1. The van der Waals surface area contributed by atoms with Gasteiger partial charge in [0, 0.05) is 32.9 Å². The number of rotatable bonds is 6. The molecule has 3 aromatic rings. The molecule has 8 heteroatoms. The summed E-state index contributed by atoms with van der Waals surface area (Å²) in [7, 11) is -2.05. The maximum absolute atomic E-state index is 15.8. The quantitative estimate of drug-likeness (QED) is 0.221. The summed E-state index contributed by atoms with van der Waals surface area (Å²) >= 11 is 1.62. The number of hydrogen-bond donors (Lipinski definition) is 0. The second-order valence-electron chi connectivity index (χ2n) is 13.3. The van der Waals surface area contributed by atoms with E-state index in [4.69, 9.17) is 9.16 Å². The lowest BCUT2D eigenvalue weighted by atomic mass is 9.75. The maximum atomic E-state index is 15.8. The third-order valence-electron chi connectivity index (χ3n) is 8.87. The Morgan fingerprint density at radius 3 is 2.51 bits per heavy atom. The molecule has 1 atom stereocenters. The zero-order valence-corrected chi connectivity index (χ0v) is 26.2. The normalized spacial score (nSPS) is 19.3. The van der Waals surface area contributed by atoms with Gasteiger partial charge in [-0.15, -0.1) is 11.3 Å². The summed E-state index contributed by atoms with van der Waals surface area (Å²) in [5, 5.41) is 0.301. The largest absolute Gasteiger partial charge is 0.462 e. The molecule has 0 aliphatic heterocycles. The first-order valence-corrected chi connectivity index (χ1v) is 17.7. The molecule has 5 nitrogen and oxygen atoms in total. The maximum Gasteiger partial charge on any atom is 0.343 e. The van der Waals surface area contributed by atoms with Crippen molar-refractivity contribution in [2.24, 2.45) is 5.41 Å². The third-order valence-corrected chi connectivity index (χ3v) is 14.6. The summed E-state index contributed by atoms with van der Waals surface area (Å²) in [5.41, 5.74) is 1.83. The minimum Gasteiger partial charge on any atom is -0.462 e. The second kappa shape index (κ2) is 9.67. The Kier molecular flexibility index (Phi) is 7.00. The molecular weight excluding hydrogens is 529 g/mol. The van der Waals surface area contributed by atoms with Crippen LogP contribution in [-0.2, 0) is 15.6 Å². The van der Waals surface area contributed by atoms with E-state index in [9.17, 15) is 9.59 Å². The first-order valence-electron chi connectivity index (χ1n) is 14.0. The Balaban J connectivity index is 1.63. The Morgan fingerprint density at radius 1 is 1.21 bits per heavy atom. The highest BCUT2D eigenvalue weighted by Crippen LogP contribution is 2.53. The number of nitrogens with zero attached hydrogens (tertiary/aromatic N) is 1. The molecule has 2 aliphatic rings. The molecule has 210 valence electrons. The number of thiophene rings is 1. The average molecular weight is 570 g/mol. The highest BCUT2D eigenvalue weighted by Gasteiger charge is 2.46. The zero-order chi connectivity index (χ0) is 28.5. The van der Waals surface area contributed by atoms with E-state index in [1.807, 2.05) is 4.57 Å². The summed E-state index contributed by atoms with van der Waals surface area (Å²) in [6.07, 6.45) is 5.42. The first kappa shape index (κ1) is 28.2. The van der Waals surface area contributed by atoms with E-state index >= 15 is 4.39 Å². The van der Waals surface area contributed by atoms with Gasteiger partial charge < -0.3 is 13.7 Å². The van der Waals surface area contributed by atoms with E-state index in [1.54, 1.807) is 30.5 Å². The Bertz CT molecular complexity index is 1510. The van der Waals surface area contributed by atoms with Crippen molar-refractivity contribution in [3.63, 3.8) is 0 Å². The van der Waals surface area contributed by atoms with Crippen LogP contribution < -0.4 is 5.43 Å². The van der Waals surface area contributed by atoms with Crippen molar-refractivity contribution in [2.75, 3.05) is 6.61 Å². The van der Waals surface area contributed by atoms with Crippen LogP contribution in [0.2, 0.25) is 18.1 Å². The number of carbonyl (C=O) groups is 1. The van der Waals surface area contributed by atoms with E-state index < -0.39 is 25.5 Å². The standard InChI is InChI=1S/C31H40FNO4SSi/c1-9-36-29(35)22-17-33(19-10-11-19)24-16-20(23(32)15-21(24)26(22)34)25-14-18-12-13-31(5,6)28(27(18)38-25)37-39(7,8)30(2,3)4/h14-17,19,28H,9-13H2,1-8H3. The van der Waals surface area contributed by atoms with E-state index in [0.717, 1.165) is 30.6 Å². The van der Waals surface area contributed by atoms with Gasteiger partial charge in [0.05, 0.1) is 18.2 Å². The van der Waals surface area contributed by atoms with Gasteiger partial charge in [0.25, 0.3) is 0 Å². The topological polar surface area (TPSA) is 57.5 Å². The van der Waals surface area contributed by atoms with E-state index in [-0.39, 0.29) is 40.2 Å². The fourth-order valence-electron chi connectivity index (χ4n) is 5.19. The fourth-order valence-corrected chi connectivity index (χ4v) is 8.12. The number of carbonyl (C=O) groups excluding carboxylic acids is 1. The smallest absolute Gasteiger partial charge is 0.343 e. The lowest BCUT2D eigenvalue weighted by Gasteiger charge is -2.46. The van der Waals surface area contributed by atoms with Crippen LogP contribution in [0.1, 0.15) is 93.7 Å². The molecule has 2 heterocycles. The molecule has 5 rings (SSSR count). The van der Waals surface area contributed by atoms with Crippen molar-refractivity contribution in [1.29, 1.82) is 0 Å². The zero-order valence-electron chi connectivity index (χ0n) is 24.4. The summed E-state index contributed by atoms with van der Waals surface area (Å²) in [6.45, 7) is 17.8. The van der Waals surface area contributed by atoms with Crippen LogP contribution in [0.3, 0.4) is 0 Å². The predicted molar refractivity (Wildman–Crippen MR) is 159 cm³/mol. The monoisotopic (exact) mass is 569 g/mol. The van der Waals surface area contributed by atoms with E-state index in [2.05, 4.69) is 53.8 Å². The third kappa shape index (κ3) is 5.04. The van der Waals surface area contributed by atoms with Gasteiger partial charge in [0.2, 0.25) is 5.43 Å². The number of hydrogen-bond acceptors (Lipinski definition) is 5. The van der Waals surface area contributed by atoms with Crippen LogP contribution in [0.4, 0.5) is 4.39 Å². The minimum atomic E-state index is -2.05. The molecule has 0 bridgehead atoms. The average Bonchev–Trinajstić information content (AvgIpc) is 3.59. The van der Waals surface area contributed by atoms with Gasteiger partial charge in [-0.05, 0) is 79.9 Å². The van der Waals surface area contributed by atoms with Gasteiger partial charge in [0.15, 0.2) is 8.32 Å². The second-order valence-corrected chi connectivity index (χ2v) is 19.2. The number of esters is 1. The Morgan fingerprint density at radius 2 is 1.90 bits per heavy atom. The molecule has 0 radical (unpaired) electrons. The lowest BCUT2D eigenvalue weighted by molar-refractivity contribution is 0.0472. The fraction of sp³-hybridized carbons (Fsp3) is 0.548. The van der Waals surface area contributed by atoms with Crippen LogP contribution in [0, 0.1) is 11.2 Å². The summed E-state index contributed by atoms with van der Waals surface area (Å²) in [5.74, 6) is -1.12. The van der Waals surface area contributed by atoms with Crippen molar-refractivity contribution in [3.05, 3.63) is 56.4 Å². The predicted octanol–water partition coefficient (Wildman–Crippen LogP) is 8.42. The molecule has 0 saturated heterocycles. The molecule has 1 aromatic carbocycles. The number of halogens is 1. The highest BCUT2D eigenvalue weighted by atomic mass is 32.1. The van der Waals surface area contributed by atoms with Gasteiger partial charge in [-0.3, -0.25) is 4.79 Å². The van der Waals surface area contributed by atoms with Crippen molar-refractivity contribution in [3.8, 4) is 10.4 Å². The van der Waals surface area contributed by atoms with Crippen LogP contribution in [0.15, 0.2) is 29.2 Å². The number of aryl methyl sites for hydroxylation is 1. The molecule has 2 aromatic heterocycles. The summed E-state index contributed by atoms with van der Waals surface area (Å²) in [4.78, 5) is 27.8. The molecule has 0 N–H and O–H groups in total. The van der Waals surface area contributed by atoms with Gasteiger partial charge in [-0.2, -0.15) is 0 Å². The van der Waals surface area contributed by atoms with Crippen LogP contribution in [0.5, 0.6) is 0 Å². The summed E-state index contributed by atoms with van der Waals surface area (Å²) in [6, 6.07) is 5.42. The molecular formula is C31H40FNO4SSi. The number of pyridine rings is 1. The molecule has 0 amide bonds. The van der Waals surface area contributed by atoms with E-state index in [1.165, 1.54) is 16.5 Å². The van der Waals surface area contributed by atoms with Crippen molar-refractivity contribution >= 4 is 36.5 Å². The Labute approximate surface area is 235 Å². The number of aromatic nitrogens is 1. The van der Waals surface area contributed by atoms with E-state index in [0.29, 0.717) is 11.1 Å². The number of benzene rings is 1. The van der Waals surface area contributed by atoms with Crippen LogP contribution in [0.25, 0.3) is 21.3 Å². The lowest BCUT2D eigenvalue weighted by Crippen LogP contribution is -2.45. The number of fused-ring (bicyclic) bond motifs is 2. The number of ether oxygens (including phenoxy) is 1. The van der Waals surface area contributed by atoms with Crippen LogP contribution >= 0.6 is 11.3 Å². The molecule has 1 saturated carbocycles. The molecule has 39 heavy (non-hydrogen) atoms. The SMILES string of the molecule is CCOC(=O)c1cn(C2CC2)c2cc(-c3cc4c(s3)C(O[Si](C)(C)C(C)(C)C)C(C)(C)CC4)c(F)cc2c1=O. The van der Waals surface area contributed by atoms with Gasteiger partial charge >= 0.3 is 5.97 Å². The minimum absolute atomic E-state index is 0.0253. The van der Waals surface area contributed by atoms with Crippen molar-refractivity contribution in [2.45, 2.75) is 97.5 Å². The summed E-state index contributed by atoms with van der Waals surface area (Å²) < 4.78 is 29.9. The molecule has 1 unspecified atom stereocenters.